The van der Waals surface area contributed by atoms with Gasteiger partial charge in [-0.1, -0.05) is 0 Å². The molecular weight excluding hydrogens is 289 g/mol. The number of benzene rings is 1. The maximum atomic E-state index is 13.6. The minimum atomic E-state index is -1.91. The van der Waals surface area contributed by atoms with Crippen LogP contribution in [0.4, 0.5) is 4.39 Å². The van der Waals surface area contributed by atoms with Gasteiger partial charge in [0.1, 0.15) is 5.82 Å². The third kappa shape index (κ3) is 1.91. The van der Waals surface area contributed by atoms with Crippen LogP contribution in [0.5, 0.6) is 0 Å². The lowest BCUT2D eigenvalue weighted by Gasteiger charge is -2.32. The second kappa shape index (κ2) is 5.45. The Labute approximate surface area is 126 Å². The molecule has 1 heterocycles. The van der Waals surface area contributed by atoms with Crippen molar-refractivity contribution in [3.8, 4) is 12.1 Å². The molecule has 0 aliphatic carbocycles. The topological polar surface area (TPSA) is 94.2 Å². The predicted octanol–water partition coefficient (Wildman–Crippen LogP) is 1.33. The van der Waals surface area contributed by atoms with Gasteiger partial charge in [0.25, 0.3) is 5.91 Å². The Morgan fingerprint density at radius 2 is 2.18 bits per heavy atom. The van der Waals surface area contributed by atoms with E-state index in [2.05, 4.69) is 0 Å². The maximum absolute atomic E-state index is 13.6. The van der Waals surface area contributed by atoms with E-state index >= 15 is 0 Å². The van der Waals surface area contributed by atoms with E-state index < -0.39 is 29.2 Å². The first kappa shape index (κ1) is 15.5. The van der Waals surface area contributed by atoms with Crippen LogP contribution in [0.3, 0.4) is 0 Å². The van der Waals surface area contributed by atoms with Gasteiger partial charge < -0.3 is 9.64 Å². The average molecular weight is 301 g/mol. The summed E-state index contributed by atoms with van der Waals surface area (Å²) in [6.07, 6.45) is 0. The van der Waals surface area contributed by atoms with Crippen molar-refractivity contribution in [1.82, 2.24) is 4.90 Å². The van der Waals surface area contributed by atoms with E-state index in [1.54, 1.807) is 13.0 Å². The van der Waals surface area contributed by atoms with Crippen molar-refractivity contribution < 1.29 is 18.7 Å². The summed E-state index contributed by atoms with van der Waals surface area (Å²) in [5.41, 5.74) is -1.81. The smallest absolute Gasteiger partial charge is 0.327 e. The number of ether oxygens (including phenoxy) is 1. The maximum Gasteiger partial charge on any atom is 0.327 e. The van der Waals surface area contributed by atoms with Crippen LogP contribution in [-0.4, -0.2) is 30.4 Å². The fraction of sp³-hybridized carbons (Fsp3) is 0.333. The second-order valence-corrected chi connectivity index (χ2v) is 4.75. The number of hydrogen-bond donors (Lipinski definition) is 0. The highest BCUT2D eigenvalue weighted by atomic mass is 19.1. The Balaban J connectivity index is 2.72. The van der Waals surface area contributed by atoms with Crippen LogP contribution in [0.15, 0.2) is 18.2 Å². The average Bonchev–Trinajstić information content (AvgIpc) is 2.70. The number of carbonyl (C=O) groups is 2. The first-order valence-corrected chi connectivity index (χ1v) is 6.49. The molecule has 1 aromatic carbocycles. The van der Waals surface area contributed by atoms with Gasteiger partial charge in [-0.2, -0.15) is 10.5 Å². The molecule has 22 heavy (non-hydrogen) atoms. The van der Waals surface area contributed by atoms with E-state index in [-0.39, 0.29) is 17.7 Å². The van der Waals surface area contributed by atoms with Gasteiger partial charge in [-0.05, 0) is 25.1 Å². The van der Waals surface area contributed by atoms with E-state index in [0.717, 1.165) is 17.0 Å². The summed E-state index contributed by atoms with van der Waals surface area (Å²) in [5.74, 6) is -3.72. The highest BCUT2D eigenvalue weighted by Gasteiger charge is 2.57. The van der Waals surface area contributed by atoms with Crippen LogP contribution >= 0.6 is 0 Å². The van der Waals surface area contributed by atoms with Gasteiger partial charge in [0, 0.05) is 18.2 Å². The number of nitrogens with zero attached hydrogens (tertiary/aromatic N) is 3. The van der Waals surface area contributed by atoms with Gasteiger partial charge in [0.2, 0.25) is 0 Å². The Morgan fingerprint density at radius 1 is 1.50 bits per heavy atom. The zero-order valence-corrected chi connectivity index (χ0v) is 12.0. The highest BCUT2D eigenvalue weighted by molar-refractivity contribution is 6.01. The fourth-order valence-electron chi connectivity index (χ4n) is 2.63. The standard InChI is InChI=1S/C15H12FN3O3/c1-3-22-14(21)12(7-17)15(8-18)11-6-9(16)4-5-10(11)13(20)19(15)2/h4-6,12H,3H2,1-2H3. The molecule has 112 valence electrons. The van der Waals surface area contributed by atoms with Gasteiger partial charge in [-0.3, -0.25) is 9.59 Å². The summed E-state index contributed by atoms with van der Waals surface area (Å²) in [4.78, 5) is 25.3. The summed E-state index contributed by atoms with van der Waals surface area (Å²) in [6, 6.07) is 6.89. The van der Waals surface area contributed by atoms with Gasteiger partial charge in [0.05, 0.1) is 18.7 Å². The van der Waals surface area contributed by atoms with Crippen LogP contribution in [0, 0.1) is 34.4 Å². The van der Waals surface area contributed by atoms with Crippen molar-refractivity contribution in [2.45, 2.75) is 12.5 Å². The predicted molar refractivity (Wildman–Crippen MR) is 71.5 cm³/mol. The molecule has 1 aliphatic heterocycles. The van der Waals surface area contributed by atoms with E-state index in [9.17, 15) is 24.5 Å². The van der Waals surface area contributed by atoms with Gasteiger partial charge in [0.15, 0.2) is 11.5 Å². The van der Waals surface area contributed by atoms with Crippen LogP contribution < -0.4 is 0 Å². The summed E-state index contributed by atoms with van der Waals surface area (Å²) in [5, 5.41) is 19.0. The highest BCUT2D eigenvalue weighted by Crippen LogP contribution is 2.43. The van der Waals surface area contributed by atoms with Crippen molar-refractivity contribution in [2.75, 3.05) is 13.7 Å². The molecule has 0 saturated carbocycles. The lowest BCUT2D eigenvalue weighted by Crippen LogP contribution is -2.49. The number of fused-ring (bicyclic) bond motifs is 1. The minimum absolute atomic E-state index is 0.00195. The summed E-state index contributed by atoms with van der Waals surface area (Å²) in [6.45, 7) is 1.58. The normalized spacial score (nSPS) is 20.8. The van der Waals surface area contributed by atoms with Gasteiger partial charge in [-0.15, -0.1) is 0 Å². The van der Waals surface area contributed by atoms with Crippen molar-refractivity contribution in [3.05, 3.63) is 35.1 Å². The molecule has 2 atom stereocenters. The molecule has 0 bridgehead atoms. The van der Waals surface area contributed by atoms with E-state index in [0.29, 0.717) is 0 Å². The molecular formula is C15H12FN3O3. The molecule has 0 N–H and O–H groups in total. The summed E-state index contributed by atoms with van der Waals surface area (Å²) < 4.78 is 18.4. The largest absolute Gasteiger partial charge is 0.465 e. The van der Waals surface area contributed by atoms with Crippen LogP contribution in [0.25, 0.3) is 0 Å². The fourth-order valence-corrected chi connectivity index (χ4v) is 2.63. The van der Waals surface area contributed by atoms with Crippen molar-refractivity contribution in [2.24, 2.45) is 5.92 Å². The van der Waals surface area contributed by atoms with E-state index in [4.69, 9.17) is 4.74 Å². The summed E-state index contributed by atoms with van der Waals surface area (Å²) >= 11 is 0. The molecule has 2 unspecified atom stereocenters. The molecule has 0 radical (unpaired) electrons. The SMILES string of the molecule is CCOC(=O)C(C#N)C1(C#N)c2cc(F)ccc2C(=O)N1C. The van der Waals surface area contributed by atoms with E-state index in [1.807, 2.05) is 6.07 Å². The van der Waals surface area contributed by atoms with Crippen LogP contribution in [0.1, 0.15) is 22.8 Å². The van der Waals surface area contributed by atoms with Crippen LogP contribution in [0.2, 0.25) is 0 Å². The number of hydrogen-bond acceptors (Lipinski definition) is 5. The quantitative estimate of drug-likeness (QED) is 0.785. The van der Waals surface area contributed by atoms with Crippen LogP contribution in [-0.2, 0) is 15.1 Å². The zero-order valence-electron chi connectivity index (χ0n) is 12.0. The first-order chi connectivity index (χ1) is 10.4. The number of amides is 1. The number of rotatable bonds is 3. The van der Waals surface area contributed by atoms with Crippen molar-refractivity contribution >= 4 is 11.9 Å². The molecule has 1 aromatic rings. The van der Waals surface area contributed by atoms with Crippen molar-refractivity contribution in [1.29, 1.82) is 10.5 Å². The number of halogens is 1. The molecule has 2 rings (SSSR count). The number of esters is 1. The number of carbonyl (C=O) groups excluding carboxylic acids is 2. The Kier molecular flexibility index (Phi) is 3.83. The van der Waals surface area contributed by atoms with Gasteiger partial charge in [-0.25, -0.2) is 4.39 Å². The third-order valence-electron chi connectivity index (χ3n) is 3.70. The minimum Gasteiger partial charge on any atom is -0.465 e. The number of nitriles is 2. The molecule has 7 heteroatoms. The zero-order chi connectivity index (χ0) is 16.5. The van der Waals surface area contributed by atoms with Gasteiger partial charge >= 0.3 is 5.97 Å². The molecule has 1 aliphatic rings. The molecule has 0 fully saturated rings. The molecule has 6 nitrogen and oxygen atoms in total. The van der Waals surface area contributed by atoms with Crippen molar-refractivity contribution in [3.63, 3.8) is 0 Å². The second-order valence-electron chi connectivity index (χ2n) is 4.75. The monoisotopic (exact) mass is 301 g/mol. The Hall–Kier alpha value is -2.93. The lowest BCUT2D eigenvalue weighted by molar-refractivity contribution is -0.149. The first-order valence-electron chi connectivity index (χ1n) is 6.49. The molecule has 1 amide bonds. The molecule has 0 spiro atoms. The molecule has 0 aromatic heterocycles. The lowest BCUT2D eigenvalue weighted by atomic mass is 9.79. The molecule has 0 saturated heterocycles. The third-order valence-corrected chi connectivity index (χ3v) is 3.70. The Bertz CT molecular complexity index is 735. The summed E-state index contributed by atoms with van der Waals surface area (Å²) in [7, 11) is 1.30. The Morgan fingerprint density at radius 3 is 2.73 bits per heavy atom. The van der Waals surface area contributed by atoms with E-state index in [1.165, 1.54) is 13.1 Å².